The predicted molar refractivity (Wildman–Crippen MR) is 199 cm³/mol. The molecule has 2 unspecified atom stereocenters. The molecular weight excluding hydrogens is 676 g/mol. The molecule has 0 spiro atoms. The number of ether oxygens (including phenoxy) is 2. The maximum Gasteiger partial charge on any atom is 0.407 e. The van der Waals surface area contributed by atoms with Gasteiger partial charge in [-0.3, -0.25) is 14.4 Å². The molecule has 0 saturated carbocycles. The third-order valence-electron chi connectivity index (χ3n) is 10.1. The van der Waals surface area contributed by atoms with Gasteiger partial charge in [-0.15, -0.1) is 0 Å². The number of H-pyrrole nitrogens is 1. The topological polar surface area (TPSA) is 163 Å². The van der Waals surface area contributed by atoms with Crippen LogP contribution in [0.1, 0.15) is 99.6 Å². The molecule has 2 aromatic carbocycles. The molecule has 5 rings (SSSR count). The second kappa shape index (κ2) is 17.4. The van der Waals surface area contributed by atoms with E-state index in [0.717, 1.165) is 47.8 Å². The van der Waals surface area contributed by atoms with Crippen molar-refractivity contribution in [1.29, 1.82) is 0 Å². The number of carbonyl (C=O) groups is 5. The number of hydrogen-bond acceptors (Lipinski definition) is 8. The molecule has 3 heterocycles. The number of fused-ring (bicyclic) bond motifs is 1. The SMILES string of the molecule is COC(=O)N[C@H](C(=O)N1CCCC1CCC(=O)c1ccc(C#Cc2ccc3nc(C4CCCN4C(=O)[C@@H](NC(=O)OC)C(C)C)[nH]c3c2)cc1)C(C)C. The zero-order chi connectivity index (χ0) is 38.2. The lowest BCUT2D eigenvalue weighted by Crippen LogP contribution is -2.52. The summed E-state index contributed by atoms with van der Waals surface area (Å²) in [4.78, 5) is 75.5. The predicted octanol–water partition coefficient (Wildman–Crippen LogP) is 5.34. The van der Waals surface area contributed by atoms with Crippen LogP contribution in [0.25, 0.3) is 11.0 Å². The van der Waals surface area contributed by atoms with E-state index < -0.39 is 24.3 Å². The highest BCUT2D eigenvalue weighted by Gasteiger charge is 2.38. The average Bonchev–Trinajstić information content (AvgIpc) is 3.93. The molecule has 4 atom stereocenters. The molecule has 3 N–H and O–H groups in total. The van der Waals surface area contributed by atoms with Crippen molar-refractivity contribution >= 4 is 40.8 Å². The molecule has 0 radical (unpaired) electrons. The van der Waals surface area contributed by atoms with Crippen molar-refractivity contribution in [2.45, 2.75) is 90.4 Å². The largest absolute Gasteiger partial charge is 0.453 e. The van der Waals surface area contributed by atoms with Crippen molar-refractivity contribution in [2.24, 2.45) is 11.8 Å². The van der Waals surface area contributed by atoms with Crippen molar-refractivity contribution in [3.8, 4) is 11.8 Å². The number of carbonyl (C=O) groups excluding carboxylic acids is 5. The molecule has 2 aliphatic heterocycles. The van der Waals surface area contributed by atoms with Crippen LogP contribution in [0, 0.1) is 23.7 Å². The van der Waals surface area contributed by atoms with E-state index >= 15 is 0 Å². The molecule has 13 nitrogen and oxygen atoms in total. The minimum absolute atomic E-state index is 0.000568. The number of alkyl carbamates (subject to hydrolysis) is 2. The molecule has 53 heavy (non-hydrogen) atoms. The fraction of sp³-hybridized carbons (Fsp3) is 0.500. The molecule has 4 amide bonds. The van der Waals surface area contributed by atoms with Gasteiger partial charge in [-0.25, -0.2) is 14.6 Å². The third-order valence-corrected chi connectivity index (χ3v) is 10.1. The molecule has 2 fully saturated rings. The van der Waals surface area contributed by atoms with E-state index in [0.29, 0.717) is 37.3 Å². The van der Waals surface area contributed by atoms with Crippen LogP contribution >= 0.6 is 0 Å². The van der Waals surface area contributed by atoms with Gasteiger partial charge in [0.25, 0.3) is 0 Å². The third kappa shape index (κ3) is 9.35. The molecule has 282 valence electrons. The molecule has 2 saturated heterocycles. The Balaban J connectivity index is 1.19. The maximum atomic E-state index is 13.5. The second-order valence-electron chi connectivity index (χ2n) is 14.4. The van der Waals surface area contributed by atoms with Gasteiger partial charge in [0.1, 0.15) is 17.9 Å². The zero-order valence-corrected chi connectivity index (χ0v) is 31.4. The van der Waals surface area contributed by atoms with Crippen molar-refractivity contribution in [3.05, 3.63) is 65.0 Å². The summed E-state index contributed by atoms with van der Waals surface area (Å²) >= 11 is 0. The van der Waals surface area contributed by atoms with Gasteiger partial charge in [0.05, 0.1) is 31.3 Å². The van der Waals surface area contributed by atoms with Crippen molar-refractivity contribution < 1.29 is 33.4 Å². The van der Waals surface area contributed by atoms with E-state index in [4.69, 9.17) is 14.5 Å². The summed E-state index contributed by atoms with van der Waals surface area (Å²) < 4.78 is 9.45. The van der Waals surface area contributed by atoms with Gasteiger partial charge in [-0.1, -0.05) is 51.7 Å². The van der Waals surface area contributed by atoms with Crippen molar-refractivity contribution in [2.75, 3.05) is 27.3 Å². The Morgan fingerprint density at radius 3 is 2.00 bits per heavy atom. The number of methoxy groups -OCH3 is 2. The summed E-state index contributed by atoms with van der Waals surface area (Å²) in [6.07, 6.45) is 2.83. The summed E-state index contributed by atoms with van der Waals surface area (Å²) in [6, 6.07) is 11.3. The lowest BCUT2D eigenvalue weighted by molar-refractivity contribution is -0.136. The smallest absolute Gasteiger partial charge is 0.407 e. The number of hydrogen-bond donors (Lipinski definition) is 3. The monoisotopic (exact) mass is 726 g/mol. The lowest BCUT2D eigenvalue weighted by atomic mass is 9.99. The van der Waals surface area contributed by atoms with E-state index in [1.807, 2.05) is 58.0 Å². The van der Waals surface area contributed by atoms with Crippen molar-refractivity contribution in [3.63, 3.8) is 0 Å². The van der Waals surface area contributed by atoms with Crippen LogP contribution in [0.2, 0.25) is 0 Å². The number of likely N-dealkylation sites (tertiary alicyclic amines) is 2. The van der Waals surface area contributed by atoms with Gasteiger partial charge < -0.3 is 34.9 Å². The summed E-state index contributed by atoms with van der Waals surface area (Å²) in [5, 5.41) is 5.33. The maximum absolute atomic E-state index is 13.5. The number of ketones is 1. The summed E-state index contributed by atoms with van der Waals surface area (Å²) in [5.74, 6) is 6.53. The second-order valence-corrected chi connectivity index (χ2v) is 14.4. The molecular formula is C40H50N6O7. The first kappa shape index (κ1) is 38.8. The van der Waals surface area contributed by atoms with Gasteiger partial charge in [0, 0.05) is 42.2 Å². The van der Waals surface area contributed by atoms with Crippen LogP contribution in [0.3, 0.4) is 0 Å². The molecule has 3 aromatic rings. The number of aromatic nitrogens is 2. The highest BCUT2D eigenvalue weighted by atomic mass is 16.5. The highest BCUT2D eigenvalue weighted by Crippen LogP contribution is 2.33. The Morgan fingerprint density at radius 2 is 1.38 bits per heavy atom. The van der Waals surface area contributed by atoms with Gasteiger partial charge in [-0.05, 0) is 74.3 Å². The minimum Gasteiger partial charge on any atom is -0.453 e. The quantitative estimate of drug-likeness (QED) is 0.176. The minimum atomic E-state index is -0.705. The Labute approximate surface area is 310 Å². The number of nitrogens with one attached hydrogen (secondary N) is 3. The van der Waals surface area contributed by atoms with Crippen LogP contribution in [0.15, 0.2) is 42.5 Å². The normalized spacial score (nSPS) is 18.0. The highest BCUT2D eigenvalue weighted by molar-refractivity contribution is 5.96. The summed E-state index contributed by atoms with van der Waals surface area (Å²) in [6.45, 7) is 8.70. The van der Waals surface area contributed by atoms with Crippen LogP contribution in [-0.4, -0.2) is 95.0 Å². The van der Waals surface area contributed by atoms with E-state index in [-0.39, 0.29) is 41.5 Å². The molecule has 2 aliphatic rings. The Hall–Kier alpha value is -5.38. The van der Waals surface area contributed by atoms with Crippen molar-refractivity contribution in [1.82, 2.24) is 30.4 Å². The summed E-state index contributed by atoms with van der Waals surface area (Å²) in [5.41, 5.74) is 3.71. The number of aromatic amines is 1. The zero-order valence-electron chi connectivity index (χ0n) is 31.4. The van der Waals surface area contributed by atoms with Gasteiger partial charge in [0.2, 0.25) is 11.8 Å². The Bertz CT molecular complexity index is 1880. The number of imidazole rings is 1. The molecule has 0 aliphatic carbocycles. The van der Waals surface area contributed by atoms with Gasteiger partial charge >= 0.3 is 12.2 Å². The van der Waals surface area contributed by atoms with Crippen LogP contribution in [-0.2, 0) is 19.1 Å². The molecule has 1 aromatic heterocycles. The first-order valence-electron chi connectivity index (χ1n) is 18.3. The molecule has 0 bridgehead atoms. The Morgan fingerprint density at radius 1 is 0.811 bits per heavy atom. The van der Waals surface area contributed by atoms with Crippen LogP contribution in [0.4, 0.5) is 9.59 Å². The van der Waals surface area contributed by atoms with E-state index in [1.165, 1.54) is 14.2 Å². The first-order valence-corrected chi connectivity index (χ1v) is 18.3. The summed E-state index contributed by atoms with van der Waals surface area (Å²) in [7, 11) is 2.55. The van der Waals surface area contributed by atoms with E-state index in [2.05, 4.69) is 27.5 Å². The first-order chi connectivity index (χ1) is 25.4. The number of Topliss-reactive ketones (excluding diaryl/α,β-unsaturated/α-hetero) is 1. The number of nitrogens with zero attached hydrogens (tertiary/aromatic N) is 3. The van der Waals surface area contributed by atoms with Crippen LogP contribution < -0.4 is 10.6 Å². The number of amides is 4. The fourth-order valence-electron chi connectivity index (χ4n) is 7.09. The average molecular weight is 727 g/mol. The van der Waals surface area contributed by atoms with E-state index in [9.17, 15) is 24.0 Å². The Kier molecular flexibility index (Phi) is 12.8. The van der Waals surface area contributed by atoms with Crippen LogP contribution in [0.5, 0.6) is 0 Å². The number of rotatable bonds is 11. The van der Waals surface area contributed by atoms with Gasteiger partial charge in [-0.2, -0.15) is 0 Å². The number of benzene rings is 2. The fourth-order valence-corrected chi connectivity index (χ4v) is 7.09. The van der Waals surface area contributed by atoms with Gasteiger partial charge in [0.15, 0.2) is 5.78 Å². The van der Waals surface area contributed by atoms with E-state index in [1.54, 1.807) is 21.9 Å². The molecule has 13 heteroatoms. The standard InChI is InChI=1S/C40H50N6O7/c1-24(2)34(43-39(50)52-5)37(48)45-21-7-9-29(45)18-20-33(47)28-16-13-26(14-17-28)11-12-27-15-19-30-31(23-27)42-36(41-30)32-10-8-22-46(32)38(49)35(25(3)4)44-40(51)53-6/h13-17,19,23-25,29,32,34-35H,7-10,18,20-22H2,1-6H3,(H,41,42)(H,43,50)(H,44,51)/t29?,32?,34-,35-/m0/s1. The lowest BCUT2D eigenvalue weighted by Gasteiger charge is -2.30.